The summed E-state index contributed by atoms with van der Waals surface area (Å²) in [7, 11) is 0. The van der Waals surface area contributed by atoms with Crippen molar-refractivity contribution in [3.05, 3.63) is 17.5 Å². The van der Waals surface area contributed by atoms with E-state index in [-0.39, 0.29) is 18.1 Å². The number of nitrogens with zero attached hydrogens (tertiary/aromatic N) is 2. The first-order chi connectivity index (χ1) is 8.06. The van der Waals surface area contributed by atoms with Crippen molar-refractivity contribution in [3.8, 4) is 0 Å². The van der Waals surface area contributed by atoms with Crippen LogP contribution in [0.1, 0.15) is 29.1 Å². The molecule has 1 aliphatic carbocycles. The number of carbonyl (C=O) groups is 2. The van der Waals surface area contributed by atoms with Gasteiger partial charge >= 0.3 is 5.97 Å². The third kappa shape index (κ3) is 3.05. The quantitative estimate of drug-likeness (QED) is 0.824. The molecule has 0 unspecified atom stereocenters. The van der Waals surface area contributed by atoms with Crippen LogP contribution in [0.2, 0.25) is 0 Å². The number of aliphatic carboxylic acids is 1. The summed E-state index contributed by atoms with van der Waals surface area (Å²) in [6.45, 7) is 1.88. The lowest BCUT2D eigenvalue weighted by Gasteiger charge is -2.18. The number of aryl methyl sites for hydroxylation is 1. The molecule has 0 aromatic carbocycles. The van der Waals surface area contributed by atoms with Gasteiger partial charge in [-0.25, -0.2) is 0 Å². The van der Waals surface area contributed by atoms with E-state index in [0.717, 1.165) is 12.8 Å². The van der Waals surface area contributed by atoms with E-state index in [1.807, 2.05) is 0 Å². The summed E-state index contributed by atoms with van der Waals surface area (Å²) >= 11 is 0. The van der Waals surface area contributed by atoms with Crippen molar-refractivity contribution in [2.75, 3.05) is 13.1 Å². The highest BCUT2D eigenvalue weighted by molar-refractivity contribution is 5.94. The Morgan fingerprint density at radius 3 is 2.76 bits per heavy atom. The van der Waals surface area contributed by atoms with Gasteiger partial charge in [-0.05, 0) is 25.7 Å². The SMILES string of the molecule is Cc1cc(C(=O)N(CC(=O)O)CC2CC2)no1. The minimum absolute atomic E-state index is 0.171. The topological polar surface area (TPSA) is 83.6 Å². The second kappa shape index (κ2) is 4.57. The van der Waals surface area contributed by atoms with Gasteiger partial charge in [0.2, 0.25) is 0 Å². The monoisotopic (exact) mass is 238 g/mol. The standard InChI is InChI=1S/C11H14N2O4/c1-7-4-9(12-17-7)11(16)13(6-10(14)15)5-8-2-3-8/h4,8H,2-3,5-6H2,1H3,(H,14,15). The molecule has 1 N–H and O–H groups in total. The molecular formula is C11H14N2O4. The van der Waals surface area contributed by atoms with Crippen LogP contribution >= 0.6 is 0 Å². The van der Waals surface area contributed by atoms with Crippen molar-refractivity contribution in [3.63, 3.8) is 0 Å². The molecule has 0 radical (unpaired) electrons. The van der Waals surface area contributed by atoms with Crippen LogP contribution in [0.4, 0.5) is 0 Å². The van der Waals surface area contributed by atoms with Crippen LogP contribution in [-0.2, 0) is 4.79 Å². The predicted octanol–water partition coefficient (Wildman–Crippen LogP) is 0.920. The van der Waals surface area contributed by atoms with E-state index in [0.29, 0.717) is 18.2 Å². The molecule has 1 heterocycles. The zero-order valence-corrected chi connectivity index (χ0v) is 9.55. The lowest BCUT2D eigenvalue weighted by molar-refractivity contribution is -0.137. The Balaban J connectivity index is 2.07. The van der Waals surface area contributed by atoms with E-state index in [2.05, 4.69) is 5.16 Å². The highest BCUT2D eigenvalue weighted by atomic mass is 16.5. The first-order valence-corrected chi connectivity index (χ1v) is 5.50. The summed E-state index contributed by atoms with van der Waals surface area (Å²) in [6, 6.07) is 1.52. The summed E-state index contributed by atoms with van der Waals surface area (Å²) in [5, 5.41) is 12.4. The first kappa shape index (κ1) is 11.6. The molecular weight excluding hydrogens is 224 g/mol. The Labute approximate surface area is 98.2 Å². The molecule has 0 saturated heterocycles. The van der Waals surface area contributed by atoms with Crippen LogP contribution in [-0.4, -0.2) is 40.1 Å². The van der Waals surface area contributed by atoms with Crippen molar-refractivity contribution >= 4 is 11.9 Å². The molecule has 6 nitrogen and oxygen atoms in total. The third-order valence-corrected chi connectivity index (χ3v) is 2.64. The summed E-state index contributed by atoms with van der Waals surface area (Å²) < 4.78 is 4.82. The zero-order chi connectivity index (χ0) is 12.4. The van der Waals surface area contributed by atoms with Gasteiger partial charge in [-0.15, -0.1) is 0 Å². The predicted molar refractivity (Wildman–Crippen MR) is 57.5 cm³/mol. The van der Waals surface area contributed by atoms with Crippen LogP contribution < -0.4 is 0 Å². The van der Waals surface area contributed by atoms with Crippen molar-refractivity contribution < 1.29 is 19.2 Å². The minimum atomic E-state index is -1.01. The number of carboxylic acids is 1. The van der Waals surface area contributed by atoms with Gasteiger partial charge in [0.1, 0.15) is 12.3 Å². The number of aromatic nitrogens is 1. The number of hydrogen-bond donors (Lipinski definition) is 1. The van der Waals surface area contributed by atoms with Crippen LogP contribution in [0, 0.1) is 12.8 Å². The molecule has 1 amide bonds. The van der Waals surface area contributed by atoms with Crippen LogP contribution in [0.25, 0.3) is 0 Å². The largest absolute Gasteiger partial charge is 0.480 e. The maximum absolute atomic E-state index is 12.0. The highest BCUT2D eigenvalue weighted by Gasteiger charge is 2.29. The van der Waals surface area contributed by atoms with Gasteiger partial charge in [0.25, 0.3) is 5.91 Å². The minimum Gasteiger partial charge on any atom is -0.480 e. The van der Waals surface area contributed by atoms with Gasteiger partial charge in [0.05, 0.1) is 0 Å². The molecule has 1 aromatic heterocycles. The third-order valence-electron chi connectivity index (χ3n) is 2.64. The van der Waals surface area contributed by atoms with Gasteiger partial charge in [-0.1, -0.05) is 5.16 Å². The van der Waals surface area contributed by atoms with Crippen molar-refractivity contribution in [2.45, 2.75) is 19.8 Å². The number of amides is 1. The summed E-state index contributed by atoms with van der Waals surface area (Å²) in [4.78, 5) is 24.0. The van der Waals surface area contributed by atoms with E-state index < -0.39 is 5.97 Å². The summed E-state index contributed by atoms with van der Waals surface area (Å²) in [6.07, 6.45) is 2.11. The highest BCUT2D eigenvalue weighted by Crippen LogP contribution is 2.30. The molecule has 17 heavy (non-hydrogen) atoms. The van der Waals surface area contributed by atoms with E-state index in [9.17, 15) is 9.59 Å². The average molecular weight is 238 g/mol. The maximum Gasteiger partial charge on any atom is 0.323 e. The van der Waals surface area contributed by atoms with Gasteiger partial charge in [-0.2, -0.15) is 0 Å². The lowest BCUT2D eigenvalue weighted by Crippen LogP contribution is -2.37. The zero-order valence-electron chi connectivity index (χ0n) is 9.55. The normalized spacial score (nSPS) is 14.6. The Hall–Kier alpha value is -1.85. The van der Waals surface area contributed by atoms with Crippen LogP contribution in [0.15, 0.2) is 10.6 Å². The molecule has 0 bridgehead atoms. The number of carbonyl (C=O) groups excluding carboxylic acids is 1. The molecule has 1 saturated carbocycles. The summed E-state index contributed by atoms with van der Waals surface area (Å²) in [5.41, 5.74) is 0.171. The Bertz CT molecular complexity index is 436. The number of rotatable bonds is 5. The molecule has 0 aliphatic heterocycles. The van der Waals surface area contributed by atoms with Crippen LogP contribution in [0.3, 0.4) is 0 Å². The van der Waals surface area contributed by atoms with Crippen molar-refractivity contribution in [1.29, 1.82) is 0 Å². The van der Waals surface area contributed by atoms with Crippen molar-refractivity contribution in [1.82, 2.24) is 10.1 Å². The van der Waals surface area contributed by atoms with E-state index in [1.54, 1.807) is 6.92 Å². The van der Waals surface area contributed by atoms with E-state index in [1.165, 1.54) is 11.0 Å². The van der Waals surface area contributed by atoms with Crippen molar-refractivity contribution in [2.24, 2.45) is 5.92 Å². The van der Waals surface area contributed by atoms with E-state index in [4.69, 9.17) is 9.63 Å². The molecule has 2 rings (SSSR count). The Morgan fingerprint density at radius 2 is 2.29 bits per heavy atom. The number of carboxylic acid groups (broad SMARTS) is 1. The second-order valence-electron chi connectivity index (χ2n) is 4.35. The Kier molecular flexibility index (Phi) is 3.12. The maximum atomic E-state index is 12.0. The van der Waals surface area contributed by atoms with Gasteiger partial charge in [0, 0.05) is 12.6 Å². The first-order valence-electron chi connectivity index (χ1n) is 5.50. The second-order valence-corrected chi connectivity index (χ2v) is 4.35. The molecule has 92 valence electrons. The van der Waals surface area contributed by atoms with Gasteiger partial charge < -0.3 is 14.5 Å². The molecule has 1 fully saturated rings. The molecule has 1 aliphatic rings. The number of hydrogen-bond acceptors (Lipinski definition) is 4. The fourth-order valence-corrected chi connectivity index (χ4v) is 1.62. The molecule has 6 heteroatoms. The fraction of sp³-hybridized carbons (Fsp3) is 0.545. The molecule has 0 spiro atoms. The average Bonchev–Trinajstić information content (AvgIpc) is 2.96. The van der Waals surface area contributed by atoms with E-state index >= 15 is 0 Å². The Morgan fingerprint density at radius 1 is 1.59 bits per heavy atom. The van der Waals surface area contributed by atoms with Gasteiger partial charge in [0.15, 0.2) is 5.69 Å². The fourth-order valence-electron chi connectivity index (χ4n) is 1.62. The summed E-state index contributed by atoms with van der Waals surface area (Å²) in [5.74, 6) is -0.420. The molecule has 0 atom stereocenters. The van der Waals surface area contributed by atoms with Crippen LogP contribution in [0.5, 0.6) is 0 Å². The molecule has 1 aromatic rings. The smallest absolute Gasteiger partial charge is 0.323 e. The lowest BCUT2D eigenvalue weighted by atomic mass is 10.3. The van der Waals surface area contributed by atoms with Gasteiger partial charge in [-0.3, -0.25) is 9.59 Å².